The highest BCUT2D eigenvalue weighted by Gasteiger charge is 2.13. The maximum Gasteiger partial charge on any atom is 0.241 e. The van der Waals surface area contributed by atoms with Crippen molar-refractivity contribution in [3.8, 4) is 11.5 Å². The fourth-order valence-electron chi connectivity index (χ4n) is 1.81. The standard InChI is InChI=1S/C15H24N2O3/c1-4-7-12(16)15(18)17-11-8-9-13(19-5-2)14(10-11)20-6-3/h8-10,12H,4-7,16H2,1-3H3,(H,17,18)/t12-/m0/s1. The lowest BCUT2D eigenvalue weighted by Gasteiger charge is -2.14. The van der Waals surface area contributed by atoms with Crippen molar-refractivity contribution in [3.63, 3.8) is 0 Å². The quantitative estimate of drug-likeness (QED) is 0.767. The Labute approximate surface area is 120 Å². The van der Waals surface area contributed by atoms with Crippen molar-refractivity contribution >= 4 is 11.6 Å². The van der Waals surface area contributed by atoms with Crippen LogP contribution < -0.4 is 20.5 Å². The first kappa shape index (κ1) is 16.3. The van der Waals surface area contributed by atoms with Crippen molar-refractivity contribution in [1.82, 2.24) is 0 Å². The number of nitrogens with two attached hydrogens (primary N) is 1. The van der Waals surface area contributed by atoms with Gasteiger partial charge in [-0.25, -0.2) is 0 Å². The van der Waals surface area contributed by atoms with Gasteiger partial charge in [-0.15, -0.1) is 0 Å². The predicted molar refractivity (Wildman–Crippen MR) is 80.3 cm³/mol. The summed E-state index contributed by atoms with van der Waals surface area (Å²) in [6.07, 6.45) is 1.54. The fraction of sp³-hybridized carbons (Fsp3) is 0.533. The minimum Gasteiger partial charge on any atom is -0.490 e. The molecule has 5 heteroatoms. The van der Waals surface area contributed by atoms with E-state index in [-0.39, 0.29) is 5.91 Å². The van der Waals surface area contributed by atoms with Crippen LogP contribution >= 0.6 is 0 Å². The molecule has 0 radical (unpaired) electrons. The van der Waals surface area contributed by atoms with E-state index in [0.717, 1.165) is 6.42 Å². The Morgan fingerprint density at radius 2 is 1.85 bits per heavy atom. The van der Waals surface area contributed by atoms with Crippen LogP contribution in [0.25, 0.3) is 0 Å². The Hall–Kier alpha value is -1.75. The van der Waals surface area contributed by atoms with Crippen LogP contribution in [0.4, 0.5) is 5.69 Å². The number of nitrogens with one attached hydrogen (secondary N) is 1. The molecule has 1 rings (SSSR count). The lowest BCUT2D eigenvalue weighted by Crippen LogP contribution is -2.35. The van der Waals surface area contributed by atoms with Crippen LogP contribution in [0.15, 0.2) is 18.2 Å². The van der Waals surface area contributed by atoms with Gasteiger partial charge in [0.05, 0.1) is 19.3 Å². The van der Waals surface area contributed by atoms with E-state index in [9.17, 15) is 4.79 Å². The van der Waals surface area contributed by atoms with Gasteiger partial charge in [0.1, 0.15) is 0 Å². The van der Waals surface area contributed by atoms with E-state index in [4.69, 9.17) is 15.2 Å². The number of hydrogen-bond acceptors (Lipinski definition) is 4. The summed E-state index contributed by atoms with van der Waals surface area (Å²) in [6.45, 7) is 6.91. The average Bonchev–Trinajstić information content (AvgIpc) is 2.42. The number of rotatable bonds is 8. The Kier molecular flexibility index (Phi) is 6.87. The number of amides is 1. The van der Waals surface area contributed by atoms with Crippen LogP contribution in [-0.4, -0.2) is 25.2 Å². The third-order valence-electron chi connectivity index (χ3n) is 2.75. The molecule has 0 saturated carbocycles. The Morgan fingerprint density at radius 1 is 1.20 bits per heavy atom. The molecule has 0 fully saturated rings. The normalized spacial score (nSPS) is 11.8. The molecule has 5 nitrogen and oxygen atoms in total. The number of anilines is 1. The summed E-state index contributed by atoms with van der Waals surface area (Å²) < 4.78 is 11.0. The molecule has 0 bridgehead atoms. The molecule has 1 aromatic rings. The SMILES string of the molecule is CCC[C@H](N)C(=O)Nc1ccc(OCC)c(OCC)c1. The van der Waals surface area contributed by atoms with Crippen LogP contribution in [0, 0.1) is 0 Å². The number of hydrogen-bond donors (Lipinski definition) is 2. The van der Waals surface area contributed by atoms with E-state index in [1.54, 1.807) is 18.2 Å². The van der Waals surface area contributed by atoms with Gasteiger partial charge in [-0.05, 0) is 32.4 Å². The molecule has 0 spiro atoms. The van der Waals surface area contributed by atoms with Gasteiger partial charge in [0.15, 0.2) is 11.5 Å². The van der Waals surface area contributed by atoms with E-state index in [1.807, 2.05) is 20.8 Å². The van der Waals surface area contributed by atoms with E-state index < -0.39 is 6.04 Å². The molecule has 0 aliphatic rings. The molecule has 0 aliphatic heterocycles. The molecule has 0 unspecified atom stereocenters. The van der Waals surface area contributed by atoms with Gasteiger partial charge >= 0.3 is 0 Å². The molecule has 1 aromatic carbocycles. The highest BCUT2D eigenvalue weighted by atomic mass is 16.5. The lowest BCUT2D eigenvalue weighted by molar-refractivity contribution is -0.117. The Morgan fingerprint density at radius 3 is 2.45 bits per heavy atom. The zero-order valence-corrected chi connectivity index (χ0v) is 12.4. The maximum absolute atomic E-state index is 11.9. The van der Waals surface area contributed by atoms with Crippen LogP contribution in [0.2, 0.25) is 0 Å². The van der Waals surface area contributed by atoms with Crippen LogP contribution in [0.3, 0.4) is 0 Å². The van der Waals surface area contributed by atoms with Gasteiger partial charge in [0.25, 0.3) is 0 Å². The first-order chi connectivity index (χ1) is 9.62. The van der Waals surface area contributed by atoms with Crippen LogP contribution in [0.5, 0.6) is 11.5 Å². The van der Waals surface area contributed by atoms with Crippen molar-refractivity contribution in [2.75, 3.05) is 18.5 Å². The van der Waals surface area contributed by atoms with Gasteiger partial charge in [-0.1, -0.05) is 13.3 Å². The first-order valence-corrected chi connectivity index (χ1v) is 7.08. The second-order valence-corrected chi connectivity index (χ2v) is 4.41. The van der Waals surface area contributed by atoms with Crippen molar-refractivity contribution in [2.24, 2.45) is 5.73 Å². The molecule has 1 atom stereocenters. The van der Waals surface area contributed by atoms with E-state index >= 15 is 0 Å². The van der Waals surface area contributed by atoms with Crippen molar-refractivity contribution in [3.05, 3.63) is 18.2 Å². The zero-order chi connectivity index (χ0) is 15.0. The second-order valence-electron chi connectivity index (χ2n) is 4.41. The molecule has 0 aromatic heterocycles. The highest BCUT2D eigenvalue weighted by molar-refractivity contribution is 5.94. The molecular weight excluding hydrogens is 256 g/mol. The molecule has 3 N–H and O–H groups in total. The summed E-state index contributed by atoms with van der Waals surface area (Å²) >= 11 is 0. The number of carbonyl (C=O) groups is 1. The minimum absolute atomic E-state index is 0.182. The van der Waals surface area contributed by atoms with E-state index in [2.05, 4.69) is 5.32 Å². The first-order valence-electron chi connectivity index (χ1n) is 7.08. The lowest BCUT2D eigenvalue weighted by atomic mass is 10.1. The fourth-order valence-corrected chi connectivity index (χ4v) is 1.81. The highest BCUT2D eigenvalue weighted by Crippen LogP contribution is 2.30. The van der Waals surface area contributed by atoms with Gasteiger partial charge in [-0.3, -0.25) is 4.79 Å². The average molecular weight is 280 g/mol. The summed E-state index contributed by atoms with van der Waals surface area (Å²) in [5.74, 6) is 1.11. The second kappa shape index (κ2) is 8.43. The third-order valence-corrected chi connectivity index (χ3v) is 2.75. The molecule has 0 heterocycles. The number of ether oxygens (including phenoxy) is 2. The summed E-state index contributed by atoms with van der Waals surface area (Å²) in [5, 5.41) is 2.80. The molecule has 20 heavy (non-hydrogen) atoms. The summed E-state index contributed by atoms with van der Waals surface area (Å²) in [7, 11) is 0. The van der Waals surface area contributed by atoms with Crippen molar-refractivity contribution in [2.45, 2.75) is 39.7 Å². The van der Waals surface area contributed by atoms with Gasteiger partial charge in [0.2, 0.25) is 5.91 Å². The molecule has 0 aliphatic carbocycles. The summed E-state index contributed by atoms with van der Waals surface area (Å²) in [5.41, 5.74) is 6.44. The van der Waals surface area contributed by atoms with Crippen LogP contribution in [0.1, 0.15) is 33.6 Å². The predicted octanol–water partition coefficient (Wildman–Crippen LogP) is 2.55. The molecule has 0 saturated heterocycles. The van der Waals surface area contributed by atoms with Crippen molar-refractivity contribution in [1.29, 1.82) is 0 Å². The molecular formula is C15H24N2O3. The largest absolute Gasteiger partial charge is 0.490 e. The number of carbonyl (C=O) groups excluding carboxylic acids is 1. The Bertz CT molecular complexity index is 435. The van der Waals surface area contributed by atoms with Gasteiger partial charge in [-0.2, -0.15) is 0 Å². The topological polar surface area (TPSA) is 73.6 Å². The number of benzene rings is 1. The van der Waals surface area contributed by atoms with Crippen LogP contribution in [-0.2, 0) is 4.79 Å². The minimum atomic E-state index is -0.484. The molecule has 1 amide bonds. The van der Waals surface area contributed by atoms with Gasteiger partial charge < -0.3 is 20.5 Å². The monoisotopic (exact) mass is 280 g/mol. The maximum atomic E-state index is 11.9. The third kappa shape index (κ3) is 4.74. The smallest absolute Gasteiger partial charge is 0.241 e. The summed E-state index contributed by atoms with van der Waals surface area (Å²) in [4.78, 5) is 11.9. The van der Waals surface area contributed by atoms with Crippen molar-refractivity contribution < 1.29 is 14.3 Å². The summed E-state index contributed by atoms with van der Waals surface area (Å²) in [6, 6.07) is 4.84. The molecule has 112 valence electrons. The van der Waals surface area contributed by atoms with E-state index in [0.29, 0.717) is 36.8 Å². The van der Waals surface area contributed by atoms with E-state index in [1.165, 1.54) is 0 Å². The van der Waals surface area contributed by atoms with Gasteiger partial charge in [0, 0.05) is 11.8 Å². The Balaban J connectivity index is 2.80. The zero-order valence-electron chi connectivity index (χ0n) is 12.4.